The number of benzene rings is 1. The van der Waals surface area contributed by atoms with Crippen LogP contribution < -0.4 is 16.5 Å². The van der Waals surface area contributed by atoms with E-state index in [9.17, 15) is 0 Å². The van der Waals surface area contributed by atoms with Crippen LogP contribution in [-0.2, 0) is 6.42 Å². The molecule has 41 heavy (non-hydrogen) atoms. The van der Waals surface area contributed by atoms with E-state index in [1.165, 1.54) is 31.2 Å². The second-order valence-corrected chi connectivity index (χ2v) is 12.2. The van der Waals surface area contributed by atoms with E-state index in [1.54, 1.807) is 0 Å². The molecule has 0 bridgehead atoms. The highest BCUT2D eigenvalue weighted by molar-refractivity contribution is 6.31. The van der Waals surface area contributed by atoms with Crippen molar-refractivity contribution >= 4 is 71.8 Å². The summed E-state index contributed by atoms with van der Waals surface area (Å²) in [6.45, 7) is 4.01. The number of hydrazine groups is 1. The maximum atomic E-state index is 6.37. The lowest BCUT2D eigenvalue weighted by atomic mass is 9.90. The average Bonchev–Trinajstić information content (AvgIpc) is 3.59. The van der Waals surface area contributed by atoms with Gasteiger partial charge in [0.15, 0.2) is 17.0 Å². The standard InChI is InChI=1S/C29H41ClN8.3ClH/c1-19-6-7-21(17-25(19)30)16-20-12-14-37(15-13-20)36-27-26-28(38(18-32-26)24-4-2-3-5-24)35-29(34-27)33-23-10-8-22(31)9-11-23;;;/h6-7,17-18,20,22-24H,2-5,8-16,31H2,1H3,(H2,33,34,35,36);3*1H. The number of aryl methyl sites for hydroxylation is 1. The molecule has 3 heterocycles. The van der Waals surface area contributed by atoms with Gasteiger partial charge >= 0.3 is 0 Å². The van der Waals surface area contributed by atoms with E-state index in [0.29, 0.717) is 30.0 Å². The fourth-order valence-electron chi connectivity index (χ4n) is 6.45. The van der Waals surface area contributed by atoms with Crippen LogP contribution in [0.1, 0.15) is 81.4 Å². The molecule has 2 aromatic heterocycles. The lowest BCUT2D eigenvalue weighted by Crippen LogP contribution is -2.39. The number of rotatable bonds is 7. The van der Waals surface area contributed by atoms with Gasteiger partial charge in [-0.15, -0.1) is 37.2 Å². The summed E-state index contributed by atoms with van der Waals surface area (Å²) in [7, 11) is 0. The Morgan fingerprint density at radius 3 is 2.34 bits per heavy atom. The monoisotopic (exact) mass is 644 g/mol. The first-order valence-corrected chi connectivity index (χ1v) is 14.9. The molecular weight excluding hydrogens is 602 g/mol. The zero-order chi connectivity index (χ0) is 26.1. The number of anilines is 2. The number of nitrogens with zero attached hydrogens (tertiary/aromatic N) is 5. The van der Waals surface area contributed by atoms with Crippen LogP contribution in [0.15, 0.2) is 24.5 Å². The van der Waals surface area contributed by atoms with Crippen molar-refractivity contribution in [1.29, 1.82) is 0 Å². The first-order chi connectivity index (χ1) is 18.5. The van der Waals surface area contributed by atoms with Crippen LogP contribution in [0.25, 0.3) is 11.2 Å². The molecule has 2 saturated carbocycles. The molecule has 4 N–H and O–H groups in total. The number of halogens is 4. The van der Waals surface area contributed by atoms with Crippen molar-refractivity contribution in [3.63, 3.8) is 0 Å². The number of hydrogen-bond acceptors (Lipinski definition) is 7. The Bertz CT molecular complexity index is 1250. The summed E-state index contributed by atoms with van der Waals surface area (Å²) in [5, 5.41) is 6.80. The van der Waals surface area contributed by atoms with Crippen molar-refractivity contribution in [3.05, 3.63) is 40.7 Å². The van der Waals surface area contributed by atoms with Crippen LogP contribution in [-0.4, -0.2) is 49.7 Å². The van der Waals surface area contributed by atoms with Gasteiger partial charge in [-0.2, -0.15) is 9.97 Å². The maximum absolute atomic E-state index is 6.37. The molecule has 12 heteroatoms. The molecular formula is C29H44Cl4N8. The first kappa shape index (κ1) is 33.9. The smallest absolute Gasteiger partial charge is 0.227 e. The third kappa shape index (κ3) is 8.09. The van der Waals surface area contributed by atoms with Gasteiger partial charge in [0.2, 0.25) is 5.95 Å². The lowest BCUT2D eigenvalue weighted by Gasteiger charge is -2.32. The Kier molecular flexibility index (Phi) is 12.6. The first-order valence-electron chi connectivity index (χ1n) is 14.5. The molecule has 0 radical (unpaired) electrons. The van der Waals surface area contributed by atoms with Crippen molar-refractivity contribution in [3.8, 4) is 0 Å². The van der Waals surface area contributed by atoms with Crippen LogP contribution >= 0.6 is 48.8 Å². The van der Waals surface area contributed by atoms with E-state index in [2.05, 4.69) is 45.4 Å². The van der Waals surface area contributed by atoms with Crippen molar-refractivity contribution in [1.82, 2.24) is 24.5 Å². The predicted octanol–water partition coefficient (Wildman–Crippen LogP) is 7.13. The van der Waals surface area contributed by atoms with Crippen molar-refractivity contribution < 1.29 is 0 Å². The lowest BCUT2D eigenvalue weighted by molar-refractivity contribution is 0.216. The Balaban J connectivity index is 0.00000154. The third-order valence-corrected chi connectivity index (χ3v) is 9.29. The van der Waals surface area contributed by atoms with E-state index >= 15 is 0 Å². The van der Waals surface area contributed by atoms with Gasteiger partial charge in [-0.05, 0) is 87.8 Å². The van der Waals surface area contributed by atoms with E-state index in [0.717, 1.165) is 85.6 Å². The molecule has 6 rings (SSSR count). The third-order valence-electron chi connectivity index (χ3n) is 8.88. The fourth-order valence-corrected chi connectivity index (χ4v) is 6.65. The maximum Gasteiger partial charge on any atom is 0.227 e. The van der Waals surface area contributed by atoms with E-state index in [-0.39, 0.29) is 37.2 Å². The molecule has 228 valence electrons. The van der Waals surface area contributed by atoms with Gasteiger partial charge in [0, 0.05) is 36.2 Å². The fraction of sp³-hybridized carbons (Fsp3) is 0.621. The highest BCUT2D eigenvalue weighted by atomic mass is 35.5. The minimum absolute atomic E-state index is 0. The molecule has 1 saturated heterocycles. The SMILES string of the molecule is Cc1ccc(CC2CCN(Nc3nc(NC4CCC(N)CC4)nc4c3ncn4C3CCCC3)CC2)cc1Cl.Cl.Cl.Cl. The highest BCUT2D eigenvalue weighted by Crippen LogP contribution is 2.34. The molecule has 3 aromatic rings. The van der Waals surface area contributed by atoms with Gasteiger partial charge in [0.25, 0.3) is 0 Å². The Morgan fingerprint density at radius 1 is 0.951 bits per heavy atom. The molecule has 1 aliphatic heterocycles. The quantitative estimate of drug-likeness (QED) is 0.251. The number of hydrogen-bond donors (Lipinski definition) is 3. The molecule has 0 spiro atoms. The largest absolute Gasteiger partial charge is 0.351 e. The normalized spacial score (nSPS) is 22.0. The number of fused-ring (bicyclic) bond motifs is 1. The van der Waals surface area contributed by atoms with Gasteiger partial charge in [0.1, 0.15) is 0 Å². The molecule has 1 aromatic carbocycles. The summed E-state index contributed by atoms with van der Waals surface area (Å²) in [6.07, 6.45) is 14.5. The van der Waals surface area contributed by atoms with Crippen LogP contribution in [0.2, 0.25) is 5.02 Å². The number of aromatic nitrogens is 4. The summed E-state index contributed by atoms with van der Waals surface area (Å²) in [5.74, 6) is 2.17. The van der Waals surface area contributed by atoms with Crippen molar-refractivity contribution in [2.75, 3.05) is 23.8 Å². The number of nitrogens with two attached hydrogens (primary N) is 1. The van der Waals surface area contributed by atoms with Crippen LogP contribution in [0.4, 0.5) is 11.8 Å². The van der Waals surface area contributed by atoms with Gasteiger partial charge in [0.05, 0.1) is 6.33 Å². The van der Waals surface area contributed by atoms with Gasteiger partial charge in [-0.3, -0.25) is 0 Å². The summed E-state index contributed by atoms with van der Waals surface area (Å²) in [6, 6.07) is 7.66. The Morgan fingerprint density at radius 2 is 1.66 bits per heavy atom. The van der Waals surface area contributed by atoms with Crippen molar-refractivity contribution in [2.45, 2.75) is 95.7 Å². The molecule has 0 atom stereocenters. The molecule has 0 amide bonds. The summed E-state index contributed by atoms with van der Waals surface area (Å²) in [5.41, 5.74) is 14.1. The average molecular weight is 647 g/mol. The van der Waals surface area contributed by atoms with E-state index < -0.39 is 0 Å². The Labute approximate surface area is 267 Å². The summed E-state index contributed by atoms with van der Waals surface area (Å²) >= 11 is 6.37. The molecule has 2 aliphatic carbocycles. The van der Waals surface area contributed by atoms with Crippen LogP contribution in [0, 0.1) is 12.8 Å². The van der Waals surface area contributed by atoms with Crippen LogP contribution in [0.5, 0.6) is 0 Å². The van der Waals surface area contributed by atoms with E-state index in [4.69, 9.17) is 32.3 Å². The second kappa shape index (κ2) is 15.3. The topological polar surface area (TPSA) is 96.9 Å². The number of nitrogens with one attached hydrogen (secondary N) is 2. The molecule has 0 unspecified atom stereocenters. The zero-order valence-electron chi connectivity index (χ0n) is 23.7. The van der Waals surface area contributed by atoms with E-state index in [1.807, 2.05) is 6.33 Å². The van der Waals surface area contributed by atoms with Gasteiger partial charge in [-0.1, -0.05) is 36.6 Å². The number of imidazole rings is 1. The number of piperidine rings is 1. The molecule has 3 fully saturated rings. The Hall–Kier alpha value is -1.55. The summed E-state index contributed by atoms with van der Waals surface area (Å²) < 4.78 is 2.29. The minimum atomic E-state index is 0. The van der Waals surface area contributed by atoms with Gasteiger partial charge < -0.3 is 21.0 Å². The van der Waals surface area contributed by atoms with Gasteiger partial charge in [-0.25, -0.2) is 9.99 Å². The zero-order valence-corrected chi connectivity index (χ0v) is 26.9. The predicted molar refractivity (Wildman–Crippen MR) is 176 cm³/mol. The molecule has 8 nitrogen and oxygen atoms in total. The summed E-state index contributed by atoms with van der Waals surface area (Å²) in [4.78, 5) is 14.8. The second-order valence-electron chi connectivity index (χ2n) is 11.7. The minimum Gasteiger partial charge on any atom is -0.351 e. The van der Waals surface area contributed by atoms with Crippen LogP contribution in [0.3, 0.4) is 0 Å². The molecule has 3 aliphatic rings. The van der Waals surface area contributed by atoms with Crippen molar-refractivity contribution in [2.24, 2.45) is 11.7 Å². The highest BCUT2D eigenvalue weighted by Gasteiger charge is 2.26.